The molecule has 0 bridgehead atoms. The minimum absolute atomic E-state index is 0.0402. The summed E-state index contributed by atoms with van der Waals surface area (Å²) in [6.45, 7) is 2.28. The van der Waals surface area contributed by atoms with E-state index >= 15 is 0 Å². The van der Waals surface area contributed by atoms with Gasteiger partial charge in [-0.25, -0.2) is 8.78 Å². The van der Waals surface area contributed by atoms with Gasteiger partial charge >= 0.3 is 6.36 Å². The van der Waals surface area contributed by atoms with Gasteiger partial charge in [0.15, 0.2) is 11.6 Å². The molecule has 0 unspecified atom stereocenters. The molecule has 2 aliphatic rings. The second-order valence-corrected chi connectivity index (χ2v) is 9.98. The van der Waals surface area contributed by atoms with Crippen LogP contribution in [0.5, 0.6) is 5.75 Å². The Kier molecular flexibility index (Phi) is 9.85. The van der Waals surface area contributed by atoms with Gasteiger partial charge in [-0.1, -0.05) is 76.2 Å². The quantitative estimate of drug-likeness (QED) is 0.278. The SMILES string of the molecule is CCCC1CCC(CCC2CCC(C=CC#Cc3cc(F)c(OC(F)(F)F)c(F)c3)CC2)CC1. The Labute approximate surface area is 200 Å². The molecule has 0 heterocycles. The fourth-order valence-electron chi connectivity index (χ4n) is 5.51. The number of alkyl halides is 3. The highest BCUT2D eigenvalue weighted by atomic mass is 19.4. The molecule has 34 heavy (non-hydrogen) atoms. The summed E-state index contributed by atoms with van der Waals surface area (Å²) in [5.41, 5.74) is -0.0402. The molecule has 0 radical (unpaired) electrons. The molecule has 1 nitrogen and oxygen atoms in total. The molecule has 2 aliphatic carbocycles. The van der Waals surface area contributed by atoms with Crippen molar-refractivity contribution < 1.29 is 26.7 Å². The van der Waals surface area contributed by atoms with Crippen LogP contribution in [0, 0.1) is 47.1 Å². The molecule has 2 fully saturated rings. The number of benzene rings is 1. The maximum Gasteiger partial charge on any atom is 0.573 e. The number of halogens is 5. The van der Waals surface area contributed by atoms with Gasteiger partial charge in [-0.2, -0.15) is 0 Å². The van der Waals surface area contributed by atoms with Crippen molar-refractivity contribution in [1.82, 2.24) is 0 Å². The van der Waals surface area contributed by atoms with Gasteiger partial charge < -0.3 is 4.74 Å². The average molecular weight is 483 g/mol. The number of allylic oxidation sites excluding steroid dienone is 2. The lowest BCUT2D eigenvalue weighted by atomic mass is 9.75. The van der Waals surface area contributed by atoms with Gasteiger partial charge in [0, 0.05) is 5.56 Å². The topological polar surface area (TPSA) is 9.23 Å². The Morgan fingerprint density at radius 2 is 1.35 bits per heavy atom. The Morgan fingerprint density at radius 1 is 0.853 bits per heavy atom. The minimum atomic E-state index is -5.16. The molecule has 0 amide bonds. The summed E-state index contributed by atoms with van der Waals surface area (Å²) in [5.74, 6) is 4.14. The van der Waals surface area contributed by atoms with E-state index in [2.05, 4.69) is 23.5 Å². The molecule has 188 valence electrons. The second kappa shape index (κ2) is 12.6. The van der Waals surface area contributed by atoms with E-state index in [1.807, 2.05) is 6.08 Å². The van der Waals surface area contributed by atoms with Crippen molar-refractivity contribution in [3.8, 4) is 17.6 Å². The van der Waals surface area contributed by atoms with Gasteiger partial charge in [-0.3, -0.25) is 0 Å². The summed E-state index contributed by atoms with van der Waals surface area (Å²) in [5, 5.41) is 0. The maximum atomic E-state index is 13.8. The molecule has 2 saturated carbocycles. The first kappa shape index (κ1) is 26.6. The van der Waals surface area contributed by atoms with Crippen molar-refractivity contribution >= 4 is 0 Å². The van der Waals surface area contributed by atoms with E-state index in [0.717, 1.165) is 42.7 Å². The summed E-state index contributed by atoms with van der Waals surface area (Å²) in [4.78, 5) is 0. The molecule has 3 rings (SSSR count). The van der Waals surface area contributed by atoms with Crippen molar-refractivity contribution in [2.75, 3.05) is 0 Å². The second-order valence-electron chi connectivity index (χ2n) is 9.98. The van der Waals surface area contributed by atoms with Crippen molar-refractivity contribution in [2.45, 2.75) is 90.3 Å². The monoisotopic (exact) mass is 482 g/mol. The van der Waals surface area contributed by atoms with Crippen LogP contribution >= 0.6 is 0 Å². The smallest absolute Gasteiger partial charge is 0.399 e. The Morgan fingerprint density at radius 3 is 1.85 bits per heavy atom. The normalized spacial score (nSPS) is 25.7. The zero-order valence-corrected chi connectivity index (χ0v) is 19.9. The van der Waals surface area contributed by atoms with Crippen LogP contribution in [0.4, 0.5) is 22.0 Å². The first-order valence-electron chi connectivity index (χ1n) is 12.7. The van der Waals surface area contributed by atoms with Crippen LogP contribution in [0.3, 0.4) is 0 Å². The van der Waals surface area contributed by atoms with Gasteiger partial charge in [-0.15, -0.1) is 13.2 Å². The zero-order chi connectivity index (χ0) is 24.6. The highest BCUT2D eigenvalue weighted by Gasteiger charge is 2.34. The highest BCUT2D eigenvalue weighted by Crippen LogP contribution is 2.38. The Balaban J connectivity index is 1.39. The van der Waals surface area contributed by atoms with E-state index in [1.165, 1.54) is 64.2 Å². The average Bonchev–Trinajstić information content (AvgIpc) is 2.79. The summed E-state index contributed by atoms with van der Waals surface area (Å²) in [7, 11) is 0. The molecule has 1 aromatic rings. The lowest BCUT2D eigenvalue weighted by molar-refractivity contribution is -0.276. The van der Waals surface area contributed by atoms with Gasteiger partial charge in [0.05, 0.1) is 0 Å². The van der Waals surface area contributed by atoms with E-state index in [4.69, 9.17) is 0 Å². The molecule has 0 spiro atoms. The molecular weight excluding hydrogens is 447 g/mol. The molecular formula is C28H35F5O. The van der Waals surface area contributed by atoms with E-state index in [-0.39, 0.29) is 5.56 Å². The molecule has 1 aromatic carbocycles. The molecule has 0 saturated heterocycles. The third-order valence-electron chi connectivity index (χ3n) is 7.42. The third kappa shape index (κ3) is 8.64. The number of hydrogen-bond acceptors (Lipinski definition) is 1. The van der Waals surface area contributed by atoms with E-state index in [0.29, 0.717) is 5.92 Å². The van der Waals surface area contributed by atoms with Crippen LogP contribution < -0.4 is 4.74 Å². The molecule has 0 aliphatic heterocycles. The first-order valence-corrected chi connectivity index (χ1v) is 12.7. The van der Waals surface area contributed by atoms with Crippen molar-refractivity contribution in [2.24, 2.45) is 23.7 Å². The lowest BCUT2D eigenvalue weighted by Gasteiger charge is -2.31. The van der Waals surface area contributed by atoms with E-state index in [9.17, 15) is 22.0 Å². The Hall–Kier alpha value is -2.03. The summed E-state index contributed by atoms with van der Waals surface area (Å²) in [6.07, 6.45) is 14.3. The summed E-state index contributed by atoms with van der Waals surface area (Å²) < 4.78 is 67.6. The van der Waals surface area contributed by atoms with Gasteiger partial charge in [0.25, 0.3) is 0 Å². The summed E-state index contributed by atoms with van der Waals surface area (Å²) >= 11 is 0. The van der Waals surface area contributed by atoms with Crippen LogP contribution in [0.15, 0.2) is 24.3 Å². The standard InChI is InChI=1S/C28H35F5O/c1-2-5-20-8-12-22(13-9-20)16-17-23-14-10-21(11-15-23)6-3-4-7-24-18-25(29)27(26(30)19-24)34-28(31,32)33/h3,6,18-23H,2,5,8-17H2,1H3. The molecule has 0 aromatic heterocycles. The van der Waals surface area contributed by atoms with Crippen molar-refractivity contribution in [3.05, 3.63) is 41.5 Å². The van der Waals surface area contributed by atoms with E-state index in [1.54, 1.807) is 6.08 Å². The third-order valence-corrected chi connectivity index (χ3v) is 7.42. The van der Waals surface area contributed by atoms with Crippen LogP contribution in [-0.2, 0) is 0 Å². The van der Waals surface area contributed by atoms with Crippen LogP contribution in [0.1, 0.15) is 89.5 Å². The highest BCUT2D eigenvalue weighted by molar-refractivity contribution is 5.42. The minimum Gasteiger partial charge on any atom is -0.399 e. The van der Waals surface area contributed by atoms with Gasteiger partial charge in [0.2, 0.25) is 5.75 Å². The zero-order valence-electron chi connectivity index (χ0n) is 19.9. The van der Waals surface area contributed by atoms with Crippen molar-refractivity contribution in [3.63, 3.8) is 0 Å². The largest absolute Gasteiger partial charge is 0.573 e. The lowest BCUT2D eigenvalue weighted by Crippen LogP contribution is -2.19. The number of rotatable bonds is 7. The van der Waals surface area contributed by atoms with Gasteiger partial charge in [0.1, 0.15) is 0 Å². The molecule has 6 heteroatoms. The fourth-order valence-corrected chi connectivity index (χ4v) is 5.51. The molecule has 0 N–H and O–H groups in total. The fraction of sp³-hybridized carbons (Fsp3) is 0.643. The maximum absolute atomic E-state index is 13.8. The van der Waals surface area contributed by atoms with Crippen LogP contribution in [-0.4, -0.2) is 6.36 Å². The number of ether oxygens (including phenoxy) is 1. The van der Waals surface area contributed by atoms with E-state index < -0.39 is 23.7 Å². The van der Waals surface area contributed by atoms with Crippen LogP contribution in [0.25, 0.3) is 0 Å². The number of hydrogen-bond donors (Lipinski definition) is 0. The van der Waals surface area contributed by atoms with Crippen molar-refractivity contribution in [1.29, 1.82) is 0 Å². The molecule has 0 atom stereocenters. The van der Waals surface area contributed by atoms with Crippen LogP contribution in [0.2, 0.25) is 0 Å². The predicted molar refractivity (Wildman–Crippen MR) is 124 cm³/mol. The Bertz CT molecular complexity index is 840. The summed E-state index contributed by atoms with van der Waals surface area (Å²) in [6, 6.07) is 1.49. The first-order chi connectivity index (χ1) is 16.2. The van der Waals surface area contributed by atoms with Gasteiger partial charge in [-0.05, 0) is 67.6 Å². The predicted octanol–water partition coefficient (Wildman–Crippen LogP) is 8.96.